The molecule has 1 atom stereocenters. The highest BCUT2D eigenvalue weighted by Gasteiger charge is 2.07. The maximum Gasteiger partial charge on any atom is 0.251 e. The number of carbonyl (C=O) groups excluding carboxylic acids is 1. The standard InChI is InChI=1S/C15H16N2O2S/c1-20(19)11-12-5-4-6-13(9-12)15(18)17-10-14-7-2-3-8-16-14/h2-9H,10-11H2,1H3,(H,17,18). The lowest BCUT2D eigenvalue weighted by Crippen LogP contribution is -2.23. The van der Waals surface area contributed by atoms with Crippen molar-refractivity contribution in [3.63, 3.8) is 0 Å². The number of hydrogen-bond acceptors (Lipinski definition) is 3. The van der Waals surface area contributed by atoms with E-state index in [1.54, 1.807) is 30.7 Å². The van der Waals surface area contributed by atoms with Crippen LogP contribution >= 0.6 is 0 Å². The third kappa shape index (κ3) is 4.28. The Labute approximate surface area is 120 Å². The summed E-state index contributed by atoms with van der Waals surface area (Å²) in [6.07, 6.45) is 3.34. The van der Waals surface area contributed by atoms with Gasteiger partial charge in [0.1, 0.15) is 0 Å². The molecule has 20 heavy (non-hydrogen) atoms. The zero-order valence-corrected chi connectivity index (χ0v) is 12.0. The number of hydrogen-bond donors (Lipinski definition) is 1. The van der Waals surface area contributed by atoms with Gasteiger partial charge in [-0.1, -0.05) is 18.2 Å². The zero-order valence-electron chi connectivity index (χ0n) is 11.2. The average molecular weight is 288 g/mol. The van der Waals surface area contributed by atoms with E-state index in [4.69, 9.17) is 0 Å². The van der Waals surface area contributed by atoms with E-state index in [0.717, 1.165) is 11.3 Å². The lowest BCUT2D eigenvalue weighted by atomic mass is 10.1. The summed E-state index contributed by atoms with van der Waals surface area (Å²) in [4.78, 5) is 16.2. The van der Waals surface area contributed by atoms with Crippen LogP contribution in [0.2, 0.25) is 0 Å². The van der Waals surface area contributed by atoms with Gasteiger partial charge in [-0.15, -0.1) is 0 Å². The molecule has 1 amide bonds. The number of carbonyl (C=O) groups is 1. The summed E-state index contributed by atoms with van der Waals surface area (Å²) in [5, 5.41) is 2.82. The summed E-state index contributed by atoms with van der Waals surface area (Å²) in [5.41, 5.74) is 2.28. The number of rotatable bonds is 5. The summed E-state index contributed by atoms with van der Waals surface area (Å²) in [6.45, 7) is 0.392. The van der Waals surface area contributed by atoms with Crippen molar-refractivity contribution < 1.29 is 9.00 Å². The predicted octanol–water partition coefficient (Wildman–Crippen LogP) is 1.89. The van der Waals surface area contributed by atoms with Crippen LogP contribution in [0.15, 0.2) is 48.7 Å². The molecule has 0 aliphatic rings. The van der Waals surface area contributed by atoms with Crippen molar-refractivity contribution in [1.29, 1.82) is 0 Å². The Balaban J connectivity index is 2.00. The molecule has 1 aromatic heterocycles. The predicted molar refractivity (Wildman–Crippen MR) is 79.6 cm³/mol. The molecule has 0 bridgehead atoms. The van der Waals surface area contributed by atoms with Crippen LogP contribution < -0.4 is 5.32 Å². The SMILES string of the molecule is CS(=O)Cc1cccc(C(=O)NCc2ccccn2)c1. The zero-order chi connectivity index (χ0) is 14.4. The molecule has 2 aromatic rings. The van der Waals surface area contributed by atoms with E-state index in [0.29, 0.717) is 17.9 Å². The first-order chi connectivity index (χ1) is 9.65. The Bertz CT molecular complexity index is 614. The third-order valence-corrected chi connectivity index (χ3v) is 3.46. The Morgan fingerprint density at radius 1 is 1.25 bits per heavy atom. The van der Waals surface area contributed by atoms with Gasteiger partial charge in [0, 0.05) is 34.6 Å². The van der Waals surface area contributed by atoms with Gasteiger partial charge in [-0.05, 0) is 29.8 Å². The summed E-state index contributed by atoms with van der Waals surface area (Å²) < 4.78 is 11.2. The molecule has 5 heteroatoms. The maximum absolute atomic E-state index is 12.0. The number of benzene rings is 1. The molecule has 1 aromatic carbocycles. The van der Waals surface area contributed by atoms with Gasteiger partial charge in [0.15, 0.2) is 0 Å². The maximum atomic E-state index is 12.0. The minimum absolute atomic E-state index is 0.153. The van der Waals surface area contributed by atoms with Crippen molar-refractivity contribution >= 4 is 16.7 Å². The molecule has 0 saturated heterocycles. The molecule has 0 aliphatic carbocycles. The largest absolute Gasteiger partial charge is 0.346 e. The number of nitrogens with zero attached hydrogens (tertiary/aromatic N) is 1. The van der Waals surface area contributed by atoms with Crippen molar-refractivity contribution in [3.05, 3.63) is 65.5 Å². The summed E-state index contributed by atoms with van der Waals surface area (Å²) in [7, 11) is -0.913. The first kappa shape index (κ1) is 14.4. The second-order valence-corrected chi connectivity index (χ2v) is 5.86. The Hall–Kier alpha value is -2.01. The topological polar surface area (TPSA) is 59.1 Å². The number of pyridine rings is 1. The van der Waals surface area contributed by atoms with Crippen molar-refractivity contribution in [3.8, 4) is 0 Å². The van der Waals surface area contributed by atoms with Crippen molar-refractivity contribution in [2.24, 2.45) is 0 Å². The van der Waals surface area contributed by atoms with Crippen molar-refractivity contribution in [1.82, 2.24) is 10.3 Å². The van der Waals surface area contributed by atoms with E-state index in [9.17, 15) is 9.00 Å². The highest BCUT2D eigenvalue weighted by Crippen LogP contribution is 2.07. The van der Waals surface area contributed by atoms with E-state index < -0.39 is 10.8 Å². The van der Waals surface area contributed by atoms with E-state index in [1.807, 2.05) is 24.3 Å². The molecule has 1 N–H and O–H groups in total. The number of amides is 1. The highest BCUT2D eigenvalue weighted by atomic mass is 32.2. The van der Waals surface area contributed by atoms with Crippen molar-refractivity contribution in [2.75, 3.05) is 6.26 Å². The van der Waals surface area contributed by atoms with Gasteiger partial charge in [-0.25, -0.2) is 0 Å². The van der Waals surface area contributed by atoms with Gasteiger partial charge in [0.05, 0.1) is 12.2 Å². The van der Waals surface area contributed by atoms with Gasteiger partial charge in [0.25, 0.3) is 5.91 Å². The molecule has 1 heterocycles. The number of aromatic nitrogens is 1. The molecular formula is C15H16N2O2S. The Morgan fingerprint density at radius 3 is 2.80 bits per heavy atom. The van der Waals surface area contributed by atoms with Gasteiger partial charge in [0.2, 0.25) is 0 Å². The third-order valence-electron chi connectivity index (χ3n) is 2.72. The van der Waals surface area contributed by atoms with Gasteiger partial charge in [-0.2, -0.15) is 0 Å². The van der Waals surface area contributed by atoms with E-state index >= 15 is 0 Å². The molecular weight excluding hydrogens is 272 g/mol. The van der Waals surface area contributed by atoms with Crippen LogP contribution in [-0.2, 0) is 23.1 Å². The van der Waals surface area contributed by atoms with Crippen LogP contribution in [0.3, 0.4) is 0 Å². The molecule has 1 unspecified atom stereocenters. The fraction of sp³-hybridized carbons (Fsp3) is 0.200. The minimum Gasteiger partial charge on any atom is -0.346 e. The van der Waals surface area contributed by atoms with E-state index in [-0.39, 0.29) is 5.91 Å². The van der Waals surface area contributed by atoms with Crippen LogP contribution in [0.1, 0.15) is 21.6 Å². The van der Waals surface area contributed by atoms with E-state index in [1.165, 1.54) is 0 Å². The van der Waals surface area contributed by atoms with Gasteiger partial charge < -0.3 is 5.32 Å². The Kier molecular flexibility index (Phi) is 5.01. The summed E-state index contributed by atoms with van der Waals surface area (Å²) in [6, 6.07) is 12.8. The van der Waals surface area contributed by atoms with Crippen LogP contribution in [-0.4, -0.2) is 21.4 Å². The summed E-state index contributed by atoms with van der Waals surface area (Å²) >= 11 is 0. The Morgan fingerprint density at radius 2 is 2.10 bits per heavy atom. The lowest BCUT2D eigenvalue weighted by molar-refractivity contribution is 0.0950. The molecule has 104 valence electrons. The molecule has 0 fully saturated rings. The molecule has 0 saturated carbocycles. The number of nitrogens with one attached hydrogen (secondary N) is 1. The molecule has 2 rings (SSSR count). The second kappa shape index (κ2) is 6.96. The molecule has 0 spiro atoms. The average Bonchev–Trinajstić information content (AvgIpc) is 2.45. The normalized spacial score (nSPS) is 11.8. The van der Waals surface area contributed by atoms with Crippen molar-refractivity contribution in [2.45, 2.75) is 12.3 Å². The quantitative estimate of drug-likeness (QED) is 0.914. The van der Waals surface area contributed by atoms with Crippen LogP contribution in [0, 0.1) is 0 Å². The van der Waals surface area contributed by atoms with Crippen LogP contribution in [0.5, 0.6) is 0 Å². The van der Waals surface area contributed by atoms with Crippen LogP contribution in [0.4, 0.5) is 0 Å². The lowest BCUT2D eigenvalue weighted by Gasteiger charge is -2.06. The first-order valence-corrected chi connectivity index (χ1v) is 7.95. The fourth-order valence-electron chi connectivity index (χ4n) is 1.81. The smallest absolute Gasteiger partial charge is 0.251 e. The monoisotopic (exact) mass is 288 g/mol. The second-order valence-electron chi connectivity index (χ2n) is 4.42. The molecule has 0 aliphatic heterocycles. The highest BCUT2D eigenvalue weighted by molar-refractivity contribution is 7.83. The summed E-state index contributed by atoms with van der Waals surface area (Å²) in [5.74, 6) is 0.306. The molecule has 0 radical (unpaired) electrons. The van der Waals surface area contributed by atoms with Gasteiger partial charge in [-0.3, -0.25) is 14.0 Å². The van der Waals surface area contributed by atoms with Crippen LogP contribution in [0.25, 0.3) is 0 Å². The molecule has 4 nitrogen and oxygen atoms in total. The minimum atomic E-state index is -0.913. The fourth-order valence-corrected chi connectivity index (χ4v) is 2.46. The van der Waals surface area contributed by atoms with E-state index in [2.05, 4.69) is 10.3 Å². The van der Waals surface area contributed by atoms with Gasteiger partial charge >= 0.3 is 0 Å². The first-order valence-electron chi connectivity index (χ1n) is 6.22.